The minimum atomic E-state index is -0.365. The van der Waals surface area contributed by atoms with Gasteiger partial charge in [0.05, 0.1) is 12.2 Å². The zero-order valence-electron chi connectivity index (χ0n) is 17.3. The van der Waals surface area contributed by atoms with Crippen LogP contribution < -0.4 is 15.4 Å². The van der Waals surface area contributed by atoms with Crippen molar-refractivity contribution in [3.05, 3.63) is 101 Å². The molecule has 1 atom stereocenters. The van der Waals surface area contributed by atoms with Crippen molar-refractivity contribution < 1.29 is 9.53 Å². The fourth-order valence-corrected chi connectivity index (χ4v) is 3.85. The van der Waals surface area contributed by atoms with Crippen molar-refractivity contribution in [2.45, 2.75) is 26.3 Å². The van der Waals surface area contributed by atoms with Crippen LogP contribution in [-0.4, -0.2) is 12.5 Å². The summed E-state index contributed by atoms with van der Waals surface area (Å²) in [5.41, 5.74) is 11.4. The van der Waals surface area contributed by atoms with Gasteiger partial charge in [0.2, 0.25) is 0 Å². The number of hydrogen-bond donors (Lipinski definition) is 1. The van der Waals surface area contributed by atoms with Crippen molar-refractivity contribution in [3.8, 4) is 5.75 Å². The molecule has 30 heavy (non-hydrogen) atoms. The topological polar surface area (TPSA) is 55.6 Å². The van der Waals surface area contributed by atoms with Gasteiger partial charge in [-0.1, -0.05) is 73.2 Å². The van der Waals surface area contributed by atoms with E-state index in [2.05, 4.69) is 6.92 Å². The van der Waals surface area contributed by atoms with Crippen molar-refractivity contribution in [1.29, 1.82) is 0 Å². The quantitative estimate of drug-likeness (QED) is 0.618. The van der Waals surface area contributed by atoms with Crippen LogP contribution in [0.25, 0.3) is 5.57 Å². The predicted octanol–water partition coefficient (Wildman–Crippen LogP) is 5.24. The molecule has 4 heteroatoms. The molecule has 2 N–H and O–H groups in total. The predicted molar refractivity (Wildman–Crippen MR) is 121 cm³/mol. The monoisotopic (exact) mass is 398 g/mol. The van der Waals surface area contributed by atoms with E-state index in [0.717, 1.165) is 28.8 Å². The van der Waals surface area contributed by atoms with Crippen molar-refractivity contribution >= 4 is 17.2 Å². The lowest BCUT2D eigenvalue weighted by molar-refractivity contribution is -0.113. The van der Waals surface area contributed by atoms with E-state index < -0.39 is 0 Å². The molecule has 3 aromatic carbocycles. The normalized spacial score (nSPS) is 16.3. The molecule has 0 aromatic heterocycles. The number of para-hydroxylation sites is 1. The maximum absolute atomic E-state index is 13.7. The molecule has 0 radical (unpaired) electrons. The maximum Gasteiger partial charge on any atom is 0.261 e. The largest absolute Gasteiger partial charge is 0.493 e. The van der Waals surface area contributed by atoms with E-state index in [1.54, 1.807) is 4.90 Å². The summed E-state index contributed by atoms with van der Waals surface area (Å²) in [6, 6.07) is 25.1. The summed E-state index contributed by atoms with van der Waals surface area (Å²) in [6.07, 6.45) is 0.888. The van der Waals surface area contributed by atoms with Crippen LogP contribution in [0.4, 0.5) is 5.69 Å². The number of aryl methyl sites for hydroxylation is 1. The number of benzene rings is 3. The second-order valence-electron chi connectivity index (χ2n) is 7.50. The summed E-state index contributed by atoms with van der Waals surface area (Å²) in [5, 5.41) is 0. The molecule has 0 fully saturated rings. The zero-order chi connectivity index (χ0) is 21.1. The Bertz CT molecular complexity index is 1070. The van der Waals surface area contributed by atoms with Gasteiger partial charge in [-0.2, -0.15) is 0 Å². The third-order valence-corrected chi connectivity index (χ3v) is 5.32. The molecule has 152 valence electrons. The second-order valence-corrected chi connectivity index (χ2v) is 7.50. The van der Waals surface area contributed by atoms with Crippen molar-refractivity contribution in [2.75, 3.05) is 11.5 Å². The Morgan fingerprint density at radius 1 is 0.933 bits per heavy atom. The van der Waals surface area contributed by atoms with Gasteiger partial charge in [-0.25, -0.2) is 0 Å². The second kappa shape index (κ2) is 8.46. The van der Waals surface area contributed by atoms with Gasteiger partial charge < -0.3 is 10.5 Å². The molecule has 0 spiro atoms. The summed E-state index contributed by atoms with van der Waals surface area (Å²) in [7, 11) is 0. The van der Waals surface area contributed by atoms with Crippen LogP contribution in [0.1, 0.15) is 36.1 Å². The highest BCUT2D eigenvalue weighted by atomic mass is 16.5. The number of carbonyl (C=O) groups is 1. The Balaban J connectivity index is 1.86. The first kappa shape index (κ1) is 19.8. The van der Waals surface area contributed by atoms with Gasteiger partial charge in [-0.05, 0) is 37.1 Å². The lowest BCUT2D eigenvalue weighted by atomic mass is 9.99. The van der Waals surface area contributed by atoms with Crippen LogP contribution in [0.15, 0.2) is 84.6 Å². The molecule has 1 unspecified atom stereocenters. The fourth-order valence-electron chi connectivity index (χ4n) is 3.85. The van der Waals surface area contributed by atoms with Crippen LogP contribution in [0.5, 0.6) is 5.75 Å². The molecule has 0 saturated carbocycles. The summed E-state index contributed by atoms with van der Waals surface area (Å²) < 4.78 is 5.93. The van der Waals surface area contributed by atoms with Gasteiger partial charge >= 0.3 is 0 Å². The average Bonchev–Trinajstić information content (AvgIpc) is 3.03. The van der Waals surface area contributed by atoms with E-state index >= 15 is 0 Å². The van der Waals surface area contributed by atoms with Crippen LogP contribution in [0.2, 0.25) is 0 Å². The summed E-state index contributed by atoms with van der Waals surface area (Å²) in [5.74, 6) is 0.570. The Hall–Kier alpha value is -3.53. The van der Waals surface area contributed by atoms with Gasteiger partial charge in [0.15, 0.2) is 0 Å². The van der Waals surface area contributed by atoms with E-state index in [0.29, 0.717) is 23.6 Å². The summed E-state index contributed by atoms with van der Waals surface area (Å²) in [4.78, 5) is 15.5. The Morgan fingerprint density at radius 3 is 2.30 bits per heavy atom. The number of hydrogen-bond acceptors (Lipinski definition) is 3. The van der Waals surface area contributed by atoms with Gasteiger partial charge in [0, 0.05) is 16.9 Å². The highest BCUT2D eigenvalue weighted by Gasteiger charge is 2.41. The van der Waals surface area contributed by atoms with Crippen LogP contribution in [-0.2, 0) is 4.79 Å². The molecule has 0 saturated heterocycles. The lowest BCUT2D eigenvalue weighted by Crippen LogP contribution is -2.30. The Kier molecular flexibility index (Phi) is 5.57. The zero-order valence-corrected chi connectivity index (χ0v) is 17.3. The highest BCUT2D eigenvalue weighted by Crippen LogP contribution is 2.44. The number of ether oxygens (including phenoxy) is 1. The molecule has 3 aromatic rings. The van der Waals surface area contributed by atoms with Gasteiger partial charge in [0.1, 0.15) is 11.8 Å². The molecule has 1 aliphatic rings. The van der Waals surface area contributed by atoms with Crippen molar-refractivity contribution in [3.63, 3.8) is 0 Å². The summed E-state index contributed by atoms with van der Waals surface area (Å²) >= 11 is 0. The number of rotatable bonds is 6. The standard InChI is InChI=1S/C26H26N2O2/c1-3-17-30-22-12-8-7-11-21(22)23-24(27)25(19-9-5-4-6-10-19)28(26(23)29)20-15-13-18(2)14-16-20/h4-16,25H,3,17,27H2,1-2H3. The first-order chi connectivity index (χ1) is 14.6. The number of anilines is 1. The van der Waals surface area contributed by atoms with Crippen molar-refractivity contribution in [1.82, 2.24) is 0 Å². The van der Waals surface area contributed by atoms with Gasteiger partial charge in [-0.15, -0.1) is 0 Å². The molecule has 1 amide bonds. The number of amides is 1. The molecule has 0 aliphatic carbocycles. The van der Waals surface area contributed by atoms with Crippen LogP contribution in [0.3, 0.4) is 0 Å². The minimum absolute atomic E-state index is 0.113. The van der Waals surface area contributed by atoms with E-state index in [-0.39, 0.29) is 11.9 Å². The fraction of sp³-hybridized carbons (Fsp3) is 0.192. The van der Waals surface area contributed by atoms with E-state index in [9.17, 15) is 4.79 Å². The number of nitrogens with zero attached hydrogens (tertiary/aromatic N) is 1. The van der Waals surface area contributed by atoms with Crippen molar-refractivity contribution in [2.24, 2.45) is 5.73 Å². The van der Waals surface area contributed by atoms with E-state index in [1.165, 1.54) is 0 Å². The van der Waals surface area contributed by atoms with E-state index in [4.69, 9.17) is 10.5 Å². The third-order valence-electron chi connectivity index (χ3n) is 5.32. The highest BCUT2D eigenvalue weighted by molar-refractivity contribution is 6.30. The number of nitrogens with two attached hydrogens (primary N) is 1. The molecular weight excluding hydrogens is 372 g/mol. The Labute approximate surface area is 177 Å². The average molecular weight is 399 g/mol. The molecule has 4 nitrogen and oxygen atoms in total. The molecule has 1 aliphatic heterocycles. The lowest BCUT2D eigenvalue weighted by Gasteiger charge is -2.26. The SMILES string of the molecule is CCCOc1ccccc1C1=C(N)C(c2ccccc2)N(c2ccc(C)cc2)C1=O. The molecule has 0 bridgehead atoms. The van der Waals surface area contributed by atoms with Gasteiger partial charge in [-0.3, -0.25) is 9.69 Å². The molecule has 1 heterocycles. The first-order valence-corrected chi connectivity index (χ1v) is 10.3. The maximum atomic E-state index is 13.7. The minimum Gasteiger partial charge on any atom is -0.493 e. The van der Waals surface area contributed by atoms with Crippen LogP contribution >= 0.6 is 0 Å². The molecular formula is C26H26N2O2. The Morgan fingerprint density at radius 2 is 1.60 bits per heavy atom. The molecule has 4 rings (SSSR count). The smallest absolute Gasteiger partial charge is 0.261 e. The van der Waals surface area contributed by atoms with E-state index in [1.807, 2.05) is 85.8 Å². The first-order valence-electron chi connectivity index (χ1n) is 10.3. The summed E-state index contributed by atoms with van der Waals surface area (Å²) in [6.45, 7) is 4.67. The van der Waals surface area contributed by atoms with Gasteiger partial charge in [0.25, 0.3) is 5.91 Å². The number of carbonyl (C=O) groups excluding carboxylic acids is 1. The van der Waals surface area contributed by atoms with Crippen LogP contribution in [0, 0.1) is 6.92 Å². The third kappa shape index (κ3) is 3.57.